The van der Waals surface area contributed by atoms with Crippen LogP contribution in [-0.2, 0) is 14.4 Å². The van der Waals surface area contributed by atoms with E-state index in [1.807, 2.05) is 0 Å². The fraction of sp³-hybridized carbons (Fsp3) is 0.250. The Labute approximate surface area is 87.8 Å². The molecule has 0 spiro atoms. The molecule has 0 saturated carbocycles. The van der Waals surface area contributed by atoms with E-state index in [9.17, 15) is 13.0 Å². The summed E-state index contributed by atoms with van der Waals surface area (Å²) in [6.45, 7) is 1.00. The van der Waals surface area contributed by atoms with Gasteiger partial charge in [0.1, 0.15) is 0 Å². The predicted molar refractivity (Wildman–Crippen MR) is 55.1 cm³/mol. The third kappa shape index (κ3) is 2.66. The first-order valence-corrected chi connectivity index (χ1v) is 7.33. The van der Waals surface area contributed by atoms with Gasteiger partial charge in [0.25, 0.3) is 0 Å². The lowest BCUT2D eigenvalue weighted by molar-refractivity contribution is 0.370. The zero-order chi connectivity index (χ0) is 11.7. The van der Waals surface area contributed by atoms with Gasteiger partial charge < -0.3 is 9.79 Å². The molecule has 1 aromatic rings. The largest absolute Gasteiger partial charge is 0.343 e. The molecular weight excluding hydrogens is 239 g/mol. The van der Waals surface area contributed by atoms with Gasteiger partial charge in [-0.3, -0.25) is 4.57 Å². The zero-order valence-electron chi connectivity index (χ0n) is 7.94. The molecular formula is C8H11O5PS. The van der Waals surface area contributed by atoms with E-state index in [-0.39, 0.29) is 4.90 Å². The van der Waals surface area contributed by atoms with Crippen LogP contribution in [0.4, 0.5) is 0 Å². The van der Waals surface area contributed by atoms with Crippen molar-refractivity contribution in [1.82, 2.24) is 0 Å². The topological polar surface area (TPSA) is 91.7 Å². The van der Waals surface area contributed by atoms with Crippen molar-refractivity contribution in [3.8, 4) is 0 Å². The number of benzene rings is 1. The van der Waals surface area contributed by atoms with Gasteiger partial charge in [0.15, 0.2) is 14.8 Å². The van der Waals surface area contributed by atoms with Gasteiger partial charge in [-0.2, -0.15) is 0 Å². The lowest BCUT2D eigenvalue weighted by atomic mass is 10.4. The summed E-state index contributed by atoms with van der Waals surface area (Å²) in [4.78, 5) is 15.8. The zero-order valence-corrected chi connectivity index (χ0v) is 9.65. The molecule has 84 valence electrons. The summed E-state index contributed by atoms with van der Waals surface area (Å²) < 4.78 is 34.2. The molecule has 0 radical (unpaired) electrons. The summed E-state index contributed by atoms with van der Waals surface area (Å²) in [7, 11) is -8.59. The Bertz CT molecular complexity index is 475. The molecule has 1 aromatic carbocycles. The van der Waals surface area contributed by atoms with Crippen molar-refractivity contribution >= 4 is 17.4 Å². The van der Waals surface area contributed by atoms with Crippen molar-refractivity contribution in [2.75, 3.05) is 0 Å². The van der Waals surface area contributed by atoms with Crippen molar-refractivity contribution in [2.45, 2.75) is 16.8 Å². The van der Waals surface area contributed by atoms with Crippen LogP contribution in [0.15, 0.2) is 35.2 Å². The smallest absolute Gasteiger partial charge is 0.324 e. The summed E-state index contributed by atoms with van der Waals surface area (Å²) in [5, 5.41) is 0. The molecule has 0 aromatic heterocycles. The van der Waals surface area contributed by atoms with Crippen LogP contribution >= 0.6 is 7.60 Å². The van der Waals surface area contributed by atoms with Crippen LogP contribution in [0, 0.1) is 0 Å². The summed E-state index contributed by atoms with van der Waals surface area (Å²) in [6, 6.07) is 7.24. The molecule has 0 saturated heterocycles. The van der Waals surface area contributed by atoms with Crippen LogP contribution in [0.2, 0.25) is 0 Å². The van der Waals surface area contributed by atoms with Crippen molar-refractivity contribution in [3.63, 3.8) is 0 Å². The highest BCUT2D eigenvalue weighted by atomic mass is 32.2. The molecule has 1 rings (SSSR count). The molecule has 1 atom stereocenters. The molecule has 7 heteroatoms. The maximum absolute atomic E-state index is 11.7. The van der Waals surface area contributed by atoms with E-state index >= 15 is 0 Å². The fourth-order valence-corrected chi connectivity index (χ4v) is 3.73. The Morgan fingerprint density at radius 1 is 1.20 bits per heavy atom. The minimum atomic E-state index is -4.63. The molecule has 2 N–H and O–H groups in total. The average molecular weight is 250 g/mol. The van der Waals surface area contributed by atoms with Crippen LogP contribution in [-0.4, -0.2) is 23.2 Å². The Balaban J connectivity index is 3.22. The second-order valence-electron chi connectivity index (χ2n) is 3.05. The van der Waals surface area contributed by atoms with Crippen molar-refractivity contribution < 1.29 is 22.8 Å². The standard InChI is InChI=1S/C8H11O5PS/c1-7(14(9,10)11)15(12,13)8-5-3-2-4-6-8/h2-7H,1H3,(H2,9,10,11). The van der Waals surface area contributed by atoms with E-state index in [1.165, 1.54) is 24.3 Å². The van der Waals surface area contributed by atoms with Crippen LogP contribution < -0.4 is 0 Å². The fourth-order valence-electron chi connectivity index (χ4n) is 0.988. The van der Waals surface area contributed by atoms with Gasteiger partial charge in [-0.05, 0) is 19.1 Å². The summed E-state index contributed by atoms with van der Waals surface area (Å²) in [5.41, 5.74) is 0. The van der Waals surface area contributed by atoms with Crippen LogP contribution in [0.5, 0.6) is 0 Å². The summed E-state index contributed by atoms with van der Waals surface area (Å²) in [5.74, 6) is 0. The number of hydrogen-bond donors (Lipinski definition) is 2. The number of rotatable bonds is 3. The predicted octanol–water partition coefficient (Wildman–Crippen LogP) is 0.984. The first-order chi connectivity index (χ1) is 6.76. The third-order valence-electron chi connectivity index (χ3n) is 1.99. The molecule has 0 aliphatic rings. The van der Waals surface area contributed by atoms with Gasteiger partial charge in [0.2, 0.25) is 0 Å². The number of sulfone groups is 1. The van der Waals surface area contributed by atoms with E-state index in [0.717, 1.165) is 6.92 Å². The highest BCUT2D eigenvalue weighted by Gasteiger charge is 2.37. The van der Waals surface area contributed by atoms with Gasteiger partial charge in [0.05, 0.1) is 4.90 Å². The van der Waals surface area contributed by atoms with Crippen molar-refractivity contribution in [1.29, 1.82) is 0 Å². The minimum absolute atomic E-state index is 0.0826. The Morgan fingerprint density at radius 2 is 1.67 bits per heavy atom. The van der Waals surface area contributed by atoms with Crippen molar-refractivity contribution in [2.24, 2.45) is 0 Å². The molecule has 0 aliphatic carbocycles. The van der Waals surface area contributed by atoms with Crippen LogP contribution in [0.1, 0.15) is 6.92 Å². The lowest BCUT2D eigenvalue weighted by Crippen LogP contribution is -2.17. The van der Waals surface area contributed by atoms with E-state index in [4.69, 9.17) is 9.79 Å². The first-order valence-electron chi connectivity index (χ1n) is 4.10. The second kappa shape index (κ2) is 4.06. The average Bonchev–Trinajstić information content (AvgIpc) is 2.16. The van der Waals surface area contributed by atoms with E-state index < -0.39 is 22.4 Å². The Hall–Kier alpha value is -0.680. The van der Waals surface area contributed by atoms with E-state index in [1.54, 1.807) is 6.07 Å². The van der Waals surface area contributed by atoms with Gasteiger partial charge in [-0.1, -0.05) is 18.2 Å². The quantitative estimate of drug-likeness (QED) is 0.780. The van der Waals surface area contributed by atoms with Crippen molar-refractivity contribution in [3.05, 3.63) is 30.3 Å². The van der Waals surface area contributed by atoms with Gasteiger partial charge in [0, 0.05) is 0 Å². The van der Waals surface area contributed by atoms with E-state index in [0.29, 0.717) is 0 Å². The molecule has 0 fully saturated rings. The molecule has 5 nitrogen and oxygen atoms in total. The lowest BCUT2D eigenvalue weighted by Gasteiger charge is -2.13. The summed E-state index contributed by atoms with van der Waals surface area (Å²) >= 11 is 0. The molecule has 0 amide bonds. The third-order valence-corrected chi connectivity index (χ3v) is 6.43. The highest BCUT2D eigenvalue weighted by molar-refractivity contribution is 7.98. The molecule has 0 aliphatic heterocycles. The first kappa shape index (κ1) is 12.4. The maximum atomic E-state index is 11.7. The van der Waals surface area contributed by atoms with Crippen LogP contribution in [0.25, 0.3) is 0 Å². The Kier molecular flexibility index (Phi) is 3.35. The molecule has 0 bridgehead atoms. The van der Waals surface area contributed by atoms with E-state index in [2.05, 4.69) is 0 Å². The molecule has 0 heterocycles. The highest BCUT2D eigenvalue weighted by Crippen LogP contribution is 2.45. The number of hydrogen-bond acceptors (Lipinski definition) is 3. The summed E-state index contributed by atoms with van der Waals surface area (Å²) in [6.07, 6.45) is 0. The monoisotopic (exact) mass is 250 g/mol. The maximum Gasteiger partial charge on any atom is 0.343 e. The molecule has 1 unspecified atom stereocenters. The Morgan fingerprint density at radius 3 is 2.07 bits per heavy atom. The van der Waals surface area contributed by atoms with Gasteiger partial charge >= 0.3 is 7.60 Å². The van der Waals surface area contributed by atoms with Gasteiger partial charge in [-0.25, -0.2) is 8.42 Å². The van der Waals surface area contributed by atoms with Gasteiger partial charge in [-0.15, -0.1) is 0 Å². The SMILES string of the molecule is CC(P(=O)(O)O)S(=O)(=O)c1ccccc1. The van der Waals surface area contributed by atoms with Crippen LogP contribution in [0.3, 0.4) is 0 Å². The second-order valence-corrected chi connectivity index (χ2v) is 7.62. The minimum Gasteiger partial charge on any atom is -0.324 e. The molecule has 15 heavy (non-hydrogen) atoms. The normalized spacial score (nSPS) is 14.9.